The van der Waals surface area contributed by atoms with E-state index < -0.39 is 12.3 Å². The number of carbonyl (C=O) groups is 1. The number of rotatable bonds is 5. The second kappa shape index (κ2) is 7.39. The number of nitrogens with two attached hydrogens (primary N) is 2. The second-order valence-electron chi connectivity index (χ2n) is 4.45. The van der Waals surface area contributed by atoms with E-state index in [2.05, 4.69) is 10.1 Å². The average Bonchev–Trinajstić information content (AvgIpc) is 2.34. The van der Waals surface area contributed by atoms with Crippen molar-refractivity contribution in [3.8, 4) is 5.75 Å². The van der Waals surface area contributed by atoms with E-state index in [1.807, 2.05) is 0 Å². The van der Waals surface area contributed by atoms with E-state index in [0.717, 1.165) is 12.1 Å². The minimum Gasteiger partial charge on any atom is -0.406 e. The molecule has 1 amide bonds. The molecule has 1 aromatic carbocycles. The van der Waals surface area contributed by atoms with Gasteiger partial charge in [0.25, 0.3) is 0 Å². The summed E-state index contributed by atoms with van der Waals surface area (Å²) in [6.45, 7) is 1.65. The molecule has 120 valence electrons. The van der Waals surface area contributed by atoms with Gasteiger partial charge in [-0.3, -0.25) is 4.79 Å². The molecule has 0 unspecified atom stereocenters. The van der Waals surface area contributed by atoms with Crippen LogP contribution in [-0.2, 0) is 11.2 Å². The highest BCUT2D eigenvalue weighted by Crippen LogP contribution is 2.23. The molecular weight excluding hydrogens is 299 g/mol. The molecule has 22 heavy (non-hydrogen) atoms. The highest BCUT2D eigenvalue weighted by Gasteiger charge is 2.31. The van der Waals surface area contributed by atoms with E-state index in [1.54, 1.807) is 6.92 Å². The minimum absolute atomic E-state index is 0.0810. The van der Waals surface area contributed by atoms with Crippen molar-refractivity contribution < 1.29 is 22.7 Å². The van der Waals surface area contributed by atoms with Gasteiger partial charge in [-0.1, -0.05) is 12.1 Å². The molecule has 5 nitrogen and oxygen atoms in total. The number of allylic oxidation sites excluding steroid dienone is 3. The van der Waals surface area contributed by atoms with E-state index in [4.69, 9.17) is 11.5 Å². The third kappa shape index (κ3) is 7.22. The molecule has 0 saturated carbocycles. The monoisotopic (exact) mass is 315 g/mol. The van der Waals surface area contributed by atoms with Crippen molar-refractivity contribution in [1.29, 1.82) is 0 Å². The van der Waals surface area contributed by atoms with Crippen LogP contribution in [0.5, 0.6) is 5.75 Å². The Morgan fingerprint density at radius 1 is 1.32 bits per heavy atom. The molecule has 1 rings (SSSR count). The summed E-state index contributed by atoms with van der Waals surface area (Å²) in [6.07, 6.45) is -2.00. The molecule has 1 aromatic rings. The van der Waals surface area contributed by atoms with Gasteiger partial charge in [0, 0.05) is 5.70 Å². The highest BCUT2D eigenvalue weighted by molar-refractivity contribution is 5.80. The average molecular weight is 315 g/mol. The Balaban J connectivity index is 2.67. The third-order valence-electron chi connectivity index (χ3n) is 2.31. The van der Waals surface area contributed by atoms with Crippen LogP contribution in [0.2, 0.25) is 0 Å². The Labute approximate surface area is 125 Å². The van der Waals surface area contributed by atoms with Crippen LogP contribution < -0.4 is 21.5 Å². The number of halogens is 3. The Morgan fingerprint density at radius 3 is 2.59 bits per heavy atom. The number of benzene rings is 1. The van der Waals surface area contributed by atoms with Crippen LogP contribution in [0, 0.1) is 0 Å². The van der Waals surface area contributed by atoms with Crippen molar-refractivity contribution in [2.45, 2.75) is 19.7 Å². The van der Waals surface area contributed by atoms with Gasteiger partial charge in [0.2, 0.25) is 5.91 Å². The van der Waals surface area contributed by atoms with Crippen LogP contribution in [0.3, 0.4) is 0 Å². The summed E-state index contributed by atoms with van der Waals surface area (Å²) in [5.41, 5.74) is 11.8. The van der Waals surface area contributed by atoms with E-state index in [-0.39, 0.29) is 18.0 Å². The van der Waals surface area contributed by atoms with E-state index in [9.17, 15) is 18.0 Å². The van der Waals surface area contributed by atoms with Gasteiger partial charge in [-0.25, -0.2) is 0 Å². The summed E-state index contributed by atoms with van der Waals surface area (Å²) >= 11 is 0. The van der Waals surface area contributed by atoms with Gasteiger partial charge < -0.3 is 21.5 Å². The van der Waals surface area contributed by atoms with Crippen LogP contribution in [0.15, 0.2) is 47.9 Å². The van der Waals surface area contributed by atoms with Gasteiger partial charge in [0.1, 0.15) is 11.6 Å². The van der Waals surface area contributed by atoms with Crippen molar-refractivity contribution in [1.82, 2.24) is 5.32 Å². The van der Waals surface area contributed by atoms with E-state index in [0.29, 0.717) is 11.3 Å². The van der Waals surface area contributed by atoms with Crippen LogP contribution >= 0.6 is 0 Å². The molecule has 0 heterocycles. The quantitative estimate of drug-likeness (QED) is 0.724. The Bertz CT molecular complexity index is 591. The molecule has 0 saturated heterocycles. The lowest BCUT2D eigenvalue weighted by Crippen LogP contribution is -2.28. The number of nitrogens with one attached hydrogen (secondary N) is 1. The zero-order valence-electron chi connectivity index (χ0n) is 11.8. The number of carbonyl (C=O) groups excluding carboxylic acids is 1. The number of amides is 1. The maximum atomic E-state index is 12.1. The van der Waals surface area contributed by atoms with Crippen LogP contribution in [0.25, 0.3) is 0 Å². The zero-order valence-corrected chi connectivity index (χ0v) is 11.8. The first-order valence-electron chi connectivity index (χ1n) is 6.20. The van der Waals surface area contributed by atoms with Crippen LogP contribution in [-0.4, -0.2) is 12.3 Å². The summed E-state index contributed by atoms with van der Waals surface area (Å²) in [5, 5.41) is 2.39. The van der Waals surface area contributed by atoms with Gasteiger partial charge in [0.15, 0.2) is 0 Å². The van der Waals surface area contributed by atoms with Gasteiger partial charge >= 0.3 is 6.36 Å². The first kappa shape index (κ1) is 17.4. The largest absolute Gasteiger partial charge is 0.573 e. The predicted octanol–water partition coefficient (Wildman–Crippen LogP) is 1.91. The number of hydrogen-bond donors (Lipinski definition) is 3. The number of alkyl halides is 3. The SMILES string of the molecule is C/C(N)=C/C=C(\N)NC(=O)Cc1cccc(OC(F)(F)F)c1. The van der Waals surface area contributed by atoms with Crippen LogP contribution in [0.4, 0.5) is 13.2 Å². The van der Waals surface area contributed by atoms with Crippen molar-refractivity contribution in [2.24, 2.45) is 11.5 Å². The normalized spacial score (nSPS) is 12.9. The summed E-state index contributed by atoms with van der Waals surface area (Å²) in [7, 11) is 0. The summed E-state index contributed by atoms with van der Waals surface area (Å²) in [5.74, 6) is -0.776. The van der Waals surface area contributed by atoms with Crippen molar-refractivity contribution >= 4 is 5.91 Å². The fourth-order valence-electron chi connectivity index (χ4n) is 1.51. The fraction of sp³-hybridized carbons (Fsp3) is 0.214. The first-order valence-corrected chi connectivity index (χ1v) is 6.20. The minimum atomic E-state index is -4.78. The highest BCUT2D eigenvalue weighted by atomic mass is 19.4. The number of hydrogen-bond acceptors (Lipinski definition) is 4. The molecular formula is C14H16F3N3O2. The maximum Gasteiger partial charge on any atom is 0.573 e. The smallest absolute Gasteiger partial charge is 0.406 e. The molecule has 0 aliphatic carbocycles. The summed E-state index contributed by atoms with van der Waals surface area (Å²) in [6, 6.07) is 5.16. The van der Waals surface area contributed by atoms with Gasteiger partial charge in [-0.15, -0.1) is 13.2 Å². The molecule has 0 spiro atoms. The lowest BCUT2D eigenvalue weighted by Gasteiger charge is -2.10. The molecule has 8 heteroatoms. The predicted molar refractivity (Wildman–Crippen MR) is 75.2 cm³/mol. The lowest BCUT2D eigenvalue weighted by molar-refractivity contribution is -0.274. The Kier molecular flexibility index (Phi) is 5.85. The number of ether oxygens (including phenoxy) is 1. The summed E-state index contributed by atoms with van der Waals surface area (Å²) < 4.78 is 40.1. The third-order valence-corrected chi connectivity index (χ3v) is 2.31. The molecule has 0 aromatic heterocycles. The Hall–Kier alpha value is -2.64. The van der Waals surface area contributed by atoms with Gasteiger partial charge in [-0.05, 0) is 36.8 Å². The summed E-state index contributed by atoms with van der Waals surface area (Å²) in [4.78, 5) is 11.7. The molecule has 0 fully saturated rings. The fourth-order valence-corrected chi connectivity index (χ4v) is 1.51. The second-order valence-corrected chi connectivity index (χ2v) is 4.45. The molecule has 0 aliphatic rings. The van der Waals surface area contributed by atoms with Crippen molar-refractivity contribution in [3.05, 3.63) is 53.5 Å². The maximum absolute atomic E-state index is 12.1. The standard InChI is InChI=1S/C14H16F3N3O2/c1-9(18)5-6-12(19)20-13(21)8-10-3-2-4-11(7-10)22-14(15,16)17/h2-7H,8,18-19H2,1H3,(H,20,21)/b9-5-,12-6+. The van der Waals surface area contributed by atoms with Gasteiger partial charge in [0.05, 0.1) is 6.42 Å². The molecule has 0 bridgehead atoms. The topological polar surface area (TPSA) is 90.4 Å². The van der Waals surface area contributed by atoms with Gasteiger partial charge in [-0.2, -0.15) is 0 Å². The van der Waals surface area contributed by atoms with Crippen molar-refractivity contribution in [3.63, 3.8) is 0 Å². The molecule has 5 N–H and O–H groups in total. The van der Waals surface area contributed by atoms with E-state index >= 15 is 0 Å². The zero-order chi connectivity index (χ0) is 16.8. The van der Waals surface area contributed by atoms with Crippen LogP contribution in [0.1, 0.15) is 12.5 Å². The lowest BCUT2D eigenvalue weighted by atomic mass is 10.1. The molecule has 0 radical (unpaired) electrons. The molecule has 0 atom stereocenters. The van der Waals surface area contributed by atoms with E-state index in [1.165, 1.54) is 24.3 Å². The Morgan fingerprint density at radius 2 is 2.00 bits per heavy atom. The first-order chi connectivity index (χ1) is 10.2. The molecule has 0 aliphatic heterocycles. The van der Waals surface area contributed by atoms with Crippen molar-refractivity contribution in [2.75, 3.05) is 0 Å².